The zero-order valence-electron chi connectivity index (χ0n) is 30.4. The first-order valence-corrected chi connectivity index (χ1v) is 18.8. The molecular weight excluding hydrogens is 829 g/mol. The third-order valence-electron chi connectivity index (χ3n) is 7.94. The van der Waals surface area contributed by atoms with Crippen molar-refractivity contribution in [1.82, 2.24) is 24.8 Å². The van der Waals surface area contributed by atoms with E-state index in [0.29, 0.717) is 64.9 Å². The van der Waals surface area contributed by atoms with Crippen molar-refractivity contribution in [3.8, 4) is 24.0 Å². The highest BCUT2D eigenvalue weighted by Crippen LogP contribution is 2.23. The van der Waals surface area contributed by atoms with E-state index in [1.165, 1.54) is 4.90 Å². The van der Waals surface area contributed by atoms with Crippen LogP contribution in [0.25, 0.3) is 0 Å². The molecule has 2 aromatic heterocycles. The molecule has 13 nitrogen and oxygen atoms in total. The fourth-order valence-corrected chi connectivity index (χ4v) is 5.60. The van der Waals surface area contributed by atoms with E-state index in [1.54, 1.807) is 73.1 Å². The van der Waals surface area contributed by atoms with Gasteiger partial charge in [-0.05, 0) is 103 Å². The molecule has 0 unspecified atom stereocenters. The van der Waals surface area contributed by atoms with Crippen LogP contribution in [0.4, 0.5) is 34.9 Å². The van der Waals surface area contributed by atoms with Gasteiger partial charge in [-0.15, -0.1) is 0 Å². The van der Waals surface area contributed by atoms with Gasteiger partial charge in [0, 0.05) is 43.6 Å². The van der Waals surface area contributed by atoms with Crippen molar-refractivity contribution in [1.29, 1.82) is 10.5 Å². The van der Waals surface area contributed by atoms with Gasteiger partial charge in [-0.1, -0.05) is 52.7 Å². The summed E-state index contributed by atoms with van der Waals surface area (Å²) in [4.78, 5) is 43.8. The third kappa shape index (κ3) is 12.5. The second-order valence-electron chi connectivity index (χ2n) is 12.0. The van der Waals surface area contributed by atoms with Crippen LogP contribution in [0.15, 0.2) is 85.2 Å². The molecular formula is C43H46IN11O2. The van der Waals surface area contributed by atoms with Gasteiger partial charge in [-0.25, -0.2) is 9.97 Å². The van der Waals surface area contributed by atoms with Crippen LogP contribution < -0.4 is 21.3 Å². The van der Waals surface area contributed by atoms with E-state index in [2.05, 4.69) is 102 Å². The average molecular weight is 876 g/mol. The standard InChI is InChI=1S/C27H24N6O2.C14H14IN5.2CH4/c1-2-15-29-24-20(18-30-27(32-24)31-21-13-11-19(17-28)12-14-21)8-4-3-7-16-33-25(34)22-9-5-6-10-23(22)26(33)35;1-2-7-17-13-12(15)9-18-14(20-13)19-11-5-3-10(8-16)4-6-11;;/h5-6,9-14,18H,2-3,7,15-16H2,1H3,(H2,29,30,31,32);3-6,9H,2,7H2,1H3,(H2,17,18,19,20);2*1H4. The maximum atomic E-state index is 12.5. The van der Waals surface area contributed by atoms with Gasteiger partial charge < -0.3 is 21.3 Å². The summed E-state index contributed by atoms with van der Waals surface area (Å²) in [5.74, 6) is 8.13. The Morgan fingerprint density at radius 1 is 0.702 bits per heavy atom. The third-order valence-corrected chi connectivity index (χ3v) is 8.73. The van der Waals surface area contributed by atoms with Crippen molar-refractivity contribution < 1.29 is 9.59 Å². The number of benzene rings is 3. The molecule has 4 N–H and O–H groups in total. The lowest BCUT2D eigenvalue weighted by Crippen LogP contribution is -2.30. The van der Waals surface area contributed by atoms with E-state index < -0.39 is 0 Å². The summed E-state index contributed by atoms with van der Waals surface area (Å²) in [5, 5.41) is 30.5. The highest BCUT2D eigenvalue weighted by Gasteiger charge is 2.34. The fourth-order valence-electron chi connectivity index (χ4n) is 5.15. The molecule has 0 atom stereocenters. The van der Waals surface area contributed by atoms with E-state index in [1.807, 2.05) is 12.1 Å². The number of nitrogens with one attached hydrogen (secondary N) is 4. The van der Waals surface area contributed by atoms with E-state index in [0.717, 1.165) is 46.7 Å². The molecule has 3 aromatic carbocycles. The van der Waals surface area contributed by atoms with Gasteiger partial charge in [0.15, 0.2) is 0 Å². The smallest absolute Gasteiger partial charge is 0.261 e. The number of halogens is 1. The molecule has 1 aliphatic heterocycles. The van der Waals surface area contributed by atoms with Gasteiger partial charge in [-0.3, -0.25) is 14.5 Å². The van der Waals surface area contributed by atoms with E-state index in [-0.39, 0.29) is 26.7 Å². The topological polar surface area (TPSA) is 185 Å². The average Bonchev–Trinajstić information content (AvgIpc) is 3.46. The molecule has 0 fully saturated rings. The molecule has 0 saturated carbocycles. The van der Waals surface area contributed by atoms with Crippen LogP contribution in [0, 0.1) is 38.1 Å². The van der Waals surface area contributed by atoms with Gasteiger partial charge in [0.2, 0.25) is 11.9 Å². The number of rotatable bonds is 13. The molecule has 0 saturated heterocycles. The van der Waals surface area contributed by atoms with Crippen molar-refractivity contribution in [3.05, 3.63) is 117 Å². The lowest BCUT2D eigenvalue weighted by atomic mass is 10.1. The Bertz CT molecular complexity index is 2240. The number of aromatic nitrogens is 4. The summed E-state index contributed by atoms with van der Waals surface area (Å²) in [6, 6.07) is 25.3. The van der Waals surface area contributed by atoms with Crippen LogP contribution in [-0.2, 0) is 0 Å². The zero-order chi connectivity index (χ0) is 39.0. The van der Waals surface area contributed by atoms with Gasteiger partial charge in [0.1, 0.15) is 11.6 Å². The summed E-state index contributed by atoms with van der Waals surface area (Å²) in [5.41, 5.74) is 4.43. The number of hydrogen-bond donors (Lipinski definition) is 4. The van der Waals surface area contributed by atoms with E-state index in [9.17, 15) is 9.59 Å². The van der Waals surface area contributed by atoms with Crippen molar-refractivity contribution in [3.63, 3.8) is 0 Å². The number of unbranched alkanes of at least 4 members (excludes halogenated alkanes) is 1. The van der Waals surface area contributed by atoms with Gasteiger partial charge in [0.25, 0.3) is 11.8 Å². The Morgan fingerprint density at radius 2 is 1.19 bits per heavy atom. The van der Waals surface area contributed by atoms with Gasteiger partial charge in [-0.2, -0.15) is 20.5 Å². The molecule has 14 heteroatoms. The normalized spacial score (nSPS) is 10.8. The molecule has 3 heterocycles. The molecule has 6 rings (SSSR count). The highest BCUT2D eigenvalue weighted by atomic mass is 127. The Morgan fingerprint density at radius 3 is 1.70 bits per heavy atom. The molecule has 57 heavy (non-hydrogen) atoms. The molecule has 1 aliphatic rings. The van der Waals surface area contributed by atoms with Crippen molar-refractivity contribution in [2.75, 3.05) is 40.9 Å². The van der Waals surface area contributed by atoms with Crippen LogP contribution in [0.5, 0.6) is 0 Å². The Labute approximate surface area is 348 Å². The maximum Gasteiger partial charge on any atom is 0.261 e. The molecule has 2 amide bonds. The van der Waals surface area contributed by atoms with Crippen LogP contribution >= 0.6 is 22.6 Å². The molecule has 0 spiro atoms. The Balaban J connectivity index is 0.000000338. The number of anilines is 6. The number of nitriles is 2. The van der Waals surface area contributed by atoms with Crippen molar-refractivity contribution in [2.45, 2.75) is 54.4 Å². The molecule has 5 aromatic rings. The number of nitrogens with zero attached hydrogens (tertiary/aromatic N) is 7. The number of hydrogen-bond acceptors (Lipinski definition) is 12. The van der Waals surface area contributed by atoms with Gasteiger partial charge >= 0.3 is 0 Å². The first-order valence-electron chi connectivity index (χ1n) is 17.7. The minimum Gasteiger partial charge on any atom is -0.369 e. The fraction of sp³-hybridized carbons (Fsp3) is 0.256. The molecule has 0 radical (unpaired) electrons. The highest BCUT2D eigenvalue weighted by molar-refractivity contribution is 14.1. The molecule has 0 aliphatic carbocycles. The van der Waals surface area contributed by atoms with E-state index in [4.69, 9.17) is 10.5 Å². The number of amides is 2. The first-order chi connectivity index (χ1) is 26.8. The quantitative estimate of drug-likeness (QED) is 0.0381. The van der Waals surface area contributed by atoms with Crippen LogP contribution in [0.2, 0.25) is 0 Å². The predicted molar refractivity (Wildman–Crippen MR) is 235 cm³/mol. The monoisotopic (exact) mass is 875 g/mol. The SMILES string of the molecule is C.C.CCCNc1nc(Nc2ccc(C#N)cc2)ncc1C#CCCCN1C(=O)c2ccccc2C1=O.CCCNc1nc(Nc2ccc(C#N)cc2)ncc1I. The Kier molecular flexibility index (Phi) is 17.9. The van der Waals surface area contributed by atoms with Crippen molar-refractivity contribution in [2.24, 2.45) is 0 Å². The Hall–Kier alpha value is -6.57. The lowest BCUT2D eigenvalue weighted by molar-refractivity contribution is 0.0653. The first kappa shape index (κ1) is 44.8. The maximum absolute atomic E-state index is 12.5. The number of carbonyl (C=O) groups is 2. The molecule has 0 bridgehead atoms. The molecule has 292 valence electrons. The van der Waals surface area contributed by atoms with Crippen molar-refractivity contribution >= 4 is 69.3 Å². The van der Waals surface area contributed by atoms with Gasteiger partial charge in [0.05, 0.1) is 49.7 Å². The second-order valence-corrected chi connectivity index (χ2v) is 13.2. The number of fused-ring (bicyclic) bond motifs is 1. The summed E-state index contributed by atoms with van der Waals surface area (Å²) in [7, 11) is 0. The van der Waals surface area contributed by atoms with Crippen LogP contribution in [0.3, 0.4) is 0 Å². The number of imide groups is 1. The predicted octanol–water partition coefficient (Wildman–Crippen LogP) is 9.13. The summed E-state index contributed by atoms with van der Waals surface area (Å²) >= 11 is 2.21. The van der Waals surface area contributed by atoms with E-state index >= 15 is 0 Å². The summed E-state index contributed by atoms with van der Waals surface area (Å²) < 4.78 is 0.987. The summed E-state index contributed by atoms with van der Waals surface area (Å²) in [6.07, 6.45) is 6.50. The minimum atomic E-state index is -0.247. The van der Waals surface area contributed by atoms with Crippen LogP contribution in [0.1, 0.15) is 91.8 Å². The number of carbonyl (C=O) groups excluding carboxylic acids is 2. The lowest BCUT2D eigenvalue weighted by Gasteiger charge is -2.12. The summed E-state index contributed by atoms with van der Waals surface area (Å²) in [6.45, 7) is 6.11. The van der Waals surface area contributed by atoms with Crippen LogP contribution in [-0.4, -0.2) is 56.3 Å². The zero-order valence-corrected chi connectivity index (χ0v) is 32.5. The minimum absolute atomic E-state index is 0. The largest absolute Gasteiger partial charge is 0.369 e. The second kappa shape index (κ2) is 22.7.